The van der Waals surface area contributed by atoms with Crippen LogP contribution in [0.1, 0.15) is 65.2 Å². The van der Waals surface area contributed by atoms with E-state index in [1.165, 1.54) is 0 Å². The van der Waals surface area contributed by atoms with Crippen molar-refractivity contribution >= 4 is 5.78 Å². The van der Waals surface area contributed by atoms with E-state index in [0.29, 0.717) is 25.0 Å². The van der Waals surface area contributed by atoms with Gasteiger partial charge in [0.15, 0.2) is 0 Å². The van der Waals surface area contributed by atoms with Gasteiger partial charge >= 0.3 is 0 Å². The third kappa shape index (κ3) is 1.92. The molecule has 0 bridgehead atoms. The fourth-order valence-electron chi connectivity index (χ4n) is 7.00. The first-order chi connectivity index (χ1) is 10.7. The predicted octanol–water partition coefficient (Wildman–Crippen LogP) is 2.04. The van der Waals surface area contributed by atoms with Crippen LogP contribution in [0, 0.1) is 28.6 Å². The molecular weight excluding hydrogens is 292 g/mol. The molecule has 4 aliphatic carbocycles. The predicted molar refractivity (Wildman–Crippen MR) is 85.6 cm³/mol. The van der Waals surface area contributed by atoms with Crippen LogP contribution < -0.4 is 0 Å². The van der Waals surface area contributed by atoms with Crippen LogP contribution in [0.4, 0.5) is 0 Å². The molecular formula is C19H30O4. The molecule has 0 aliphatic heterocycles. The zero-order valence-electron chi connectivity index (χ0n) is 14.3. The van der Waals surface area contributed by atoms with Crippen LogP contribution >= 0.6 is 0 Å². The van der Waals surface area contributed by atoms with Crippen LogP contribution in [-0.4, -0.2) is 38.9 Å². The molecule has 4 saturated carbocycles. The van der Waals surface area contributed by atoms with Crippen molar-refractivity contribution < 1.29 is 20.1 Å². The molecule has 0 spiro atoms. The summed E-state index contributed by atoms with van der Waals surface area (Å²) in [5.74, 6) is 1.02. The maximum atomic E-state index is 12.4. The van der Waals surface area contributed by atoms with Gasteiger partial charge in [0.05, 0.1) is 17.8 Å². The fraction of sp³-hybridized carbons (Fsp3) is 0.947. The van der Waals surface area contributed by atoms with Crippen molar-refractivity contribution in [3.8, 4) is 0 Å². The highest BCUT2D eigenvalue weighted by molar-refractivity contribution is 5.87. The molecule has 8 atom stereocenters. The summed E-state index contributed by atoms with van der Waals surface area (Å²) in [6.07, 6.45) is 4.61. The monoisotopic (exact) mass is 322 g/mol. The number of fused-ring (bicyclic) bond motifs is 5. The van der Waals surface area contributed by atoms with Crippen molar-refractivity contribution in [2.75, 3.05) is 0 Å². The number of hydrogen-bond acceptors (Lipinski definition) is 4. The van der Waals surface area contributed by atoms with Gasteiger partial charge in [-0.2, -0.15) is 0 Å². The molecule has 3 N–H and O–H groups in total. The Morgan fingerprint density at radius 2 is 1.74 bits per heavy atom. The maximum absolute atomic E-state index is 12.4. The number of aliphatic hydroxyl groups excluding tert-OH is 2. The number of Topliss-reactive ketones (excluding diaryl/α,β-unsaturated/α-hetero) is 1. The van der Waals surface area contributed by atoms with E-state index in [0.717, 1.165) is 32.1 Å². The minimum absolute atomic E-state index is 0.126. The highest BCUT2D eigenvalue weighted by Crippen LogP contribution is 2.66. The van der Waals surface area contributed by atoms with Crippen molar-refractivity contribution in [2.45, 2.75) is 83.0 Å². The van der Waals surface area contributed by atoms with Gasteiger partial charge in [0.25, 0.3) is 0 Å². The quantitative estimate of drug-likeness (QED) is 0.638. The van der Waals surface area contributed by atoms with Crippen molar-refractivity contribution in [3.63, 3.8) is 0 Å². The van der Waals surface area contributed by atoms with Crippen LogP contribution in [0.25, 0.3) is 0 Å². The lowest BCUT2D eigenvalue weighted by molar-refractivity contribution is -0.246. The summed E-state index contributed by atoms with van der Waals surface area (Å²) in [7, 11) is 0. The Bertz CT molecular complexity index is 533. The Morgan fingerprint density at radius 3 is 2.48 bits per heavy atom. The molecule has 4 heteroatoms. The molecule has 0 aromatic carbocycles. The average molecular weight is 322 g/mol. The third-order valence-electron chi connectivity index (χ3n) is 8.48. The Kier molecular flexibility index (Phi) is 3.35. The van der Waals surface area contributed by atoms with Gasteiger partial charge in [0.1, 0.15) is 5.78 Å². The van der Waals surface area contributed by atoms with E-state index in [9.17, 15) is 20.1 Å². The topological polar surface area (TPSA) is 77.8 Å². The van der Waals surface area contributed by atoms with E-state index >= 15 is 0 Å². The summed E-state index contributed by atoms with van der Waals surface area (Å²) < 4.78 is 0. The lowest BCUT2D eigenvalue weighted by atomic mass is 9.43. The van der Waals surface area contributed by atoms with E-state index in [-0.39, 0.29) is 28.6 Å². The van der Waals surface area contributed by atoms with E-state index in [4.69, 9.17) is 0 Å². The zero-order valence-corrected chi connectivity index (χ0v) is 14.3. The van der Waals surface area contributed by atoms with Gasteiger partial charge in [-0.3, -0.25) is 4.79 Å². The molecule has 4 aliphatic rings. The Balaban J connectivity index is 1.73. The molecule has 4 nitrogen and oxygen atoms in total. The smallest absolute Gasteiger partial charge is 0.139 e. The SMILES string of the molecule is C[C@]12CC[C@@H]3[C@@H](C(O)CC4(O)CC(O)CC[C@]34C)[C@@H]1CCC2=O. The number of carbonyl (C=O) groups excluding carboxylic acids is 1. The highest BCUT2D eigenvalue weighted by atomic mass is 16.3. The van der Waals surface area contributed by atoms with Gasteiger partial charge in [-0.25, -0.2) is 0 Å². The van der Waals surface area contributed by atoms with E-state index in [1.54, 1.807) is 0 Å². The van der Waals surface area contributed by atoms with Gasteiger partial charge in [0.2, 0.25) is 0 Å². The van der Waals surface area contributed by atoms with Crippen LogP contribution in [0.3, 0.4) is 0 Å². The van der Waals surface area contributed by atoms with Gasteiger partial charge < -0.3 is 15.3 Å². The summed E-state index contributed by atoms with van der Waals surface area (Å²) in [5, 5.41) is 32.3. The molecule has 0 heterocycles. The summed E-state index contributed by atoms with van der Waals surface area (Å²) in [6.45, 7) is 4.27. The maximum Gasteiger partial charge on any atom is 0.139 e. The van der Waals surface area contributed by atoms with Crippen LogP contribution in [0.15, 0.2) is 0 Å². The number of rotatable bonds is 0. The van der Waals surface area contributed by atoms with Crippen molar-refractivity contribution in [2.24, 2.45) is 28.6 Å². The van der Waals surface area contributed by atoms with Crippen molar-refractivity contribution in [1.29, 1.82) is 0 Å². The number of ketones is 1. The van der Waals surface area contributed by atoms with E-state index in [1.807, 2.05) is 0 Å². The second-order valence-corrected chi connectivity index (χ2v) is 9.33. The first kappa shape index (κ1) is 16.0. The summed E-state index contributed by atoms with van der Waals surface area (Å²) in [5.41, 5.74) is -1.48. The first-order valence-electron chi connectivity index (χ1n) is 9.33. The number of aliphatic hydroxyl groups is 3. The Morgan fingerprint density at radius 1 is 1.00 bits per heavy atom. The summed E-state index contributed by atoms with van der Waals surface area (Å²) in [6, 6.07) is 0. The van der Waals surface area contributed by atoms with E-state index < -0.39 is 17.8 Å². The standard InChI is InChI=1S/C19H30O4/c1-17-7-6-13-16(12(17)3-4-15(17)22)14(21)10-19(23)9-11(20)5-8-18(13,19)2/h11-14,16,20-21,23H,3-10H2,1-2H3/t11?,12-,13+,14?,16-,17-,18+,19?/m0/s1. The average Bonchev–Trinajstić information content (AvgIpc) is 2.77. The second kappa shape index (κ2) is 4.80. The van der Waals surface area contributed by atoms with Gasteiger partial charge in [-0.1, -0.05) is 13.8 Å². The lowest BCUT2D eigenvalue weighted by Gasteiger charge is -2.64. The molecule has 4 rings (SSSR count). The molecule has 0 aromatic rings. The molecule has 0 radical (unpaired) electrons. The molecule has 0 saturated heterocycles. The lowest BCUT2D eigenvalue weighted by Crippen LogP contribution is -2.66. The van der Waals surface area contributed by atoms with Crippen molar-refractivity contribution in [1.82, 2.24) is 0 Å². The fourth-order valence-corrected chi connectivity index (χ4v) is 7.00. The third-order valence-corrected chi connectivity index (χ3v) is 8.48. The normalized spacial score (nSPS) is 59.2. The van der Waals surface area contributed by atoms with Crippen LogP contribution in [-0.2, 0) is 4.79 Å². The molecule has 0 aromatic heterocycles. The number of carbonyl (C=O) groups is 1. The second-order valence-electron chi connectivity index (χ2n) is 9.33. The highest BCUT2D eigenvalue weighted by Gasteiger charge is 2.66. The van der Waals surface area contributed by atoms with Crippen LogP contribution in [0.2, 0.25) is 0 Å². The first-order valence-corrected chi connectivity index (χ1v) is 9.33. The zero-order chi connectivity index (χ0) is 16.6. The van der Waals surface area contributed by atoms with Gasteiger partial charge in [0, 0.05) is 24.7 Å². The molecule has 3 unspecified atom stereocenters. The number of hydrogen-bond donors (Lipinski definition) is 3. The largest absolute Gasteiger partial charge is 0.393 e. The molecule has 4 fully saturated rings. The van der Waals surface area contributed by atoms with E-state index in [2.05, 4.69) is 13.8 Å². The Hall–Kier alpha value is -0.450. The minimum atomic E-state index is -0.971. The summed E-state index contributed by atoms with van der Waals surface area (Å²) in [4.78, 5) is 12.4. The van der Waals surface area contributed by atoms with Gasteiger partial charge in [-0.15, -0.1) is 0 Å². The van der Waals surface area contributed by atoms with Crippen LogP contribution in [0.5, 0.6) is 0 Å². The van der Waals surface area contributed by atoms with Crippen molar-refractivity contribution in [3.05, 3.63) is 0 Å². The van der Waals surface area contributed by atoms with Gasteiger partial charge in [-0.05, 0) is 55.3 Å². The molecule has 0 amide bonds. The summed E-state index contributed by atoms with van der Waals surface area (Å²) >= 11 is 0. The Labute approximate surface area is 138 Å². The molecule has 23 heavy (non-hydrogen) atoms. The minimum Gasteiger partial charge on any atom is -0.393 e. The molecule has 130 valence electrons.